The van der Waals surface area contributed by atoms with Gasteiger partial charge in [0.05, 0.1) is 17.6 Å². The molecule has 2 aromatic heterocycles. The van der Waals surface area contributed by atoms with Crippen molar-refractivity contribution in [3.63, 3.8) is 0 Å². The number of carbonyl (C=O) groups is 1. The van der Waals surface area contributed by atoms with Crippen LogP contribution in [0.15, 0.2) is 22.7 Å². The lowest BCUT2D eigenvalue weighted by Gasteiger charge is -2.20. The molecule has 0 aromatic carbocycles. The van der Waals surface area contributed by atoms with Crippen LogP contribution in [0.3, 0.4) is 0 Å². The van der Waals surface area contributed by atoms with Gasteiger partial charge in [0.25, 0.3) is 0 Å². The summed E-state index contributed by atoms with van der Waals surface area (Å²) < 4.78 is 5.59. The van der Waals surface area contributed by atoms with E-state index in [2.05, 4.69) is 15.2 Å². The molecule has 118 valence electrons. The summed E-state index contributed by atoms with van der Waals surface area (Å²) in [6.07, 6.45) is 2.64. The monoisotopic (exact) mass is 303 g/mol. The van der Waals surface area contributed by atoms with E-state index in [1.54, 1.807) is 6.20 Å². The molecule has 1 aliphatic rings. The molecule has 0 bridgehead atoms. The second-order valence-electron chi connectivity index (χ2n) is 5.74. The molecule has 0 saturated carbocycles. The van der Waals surface area contributed by atoms with Crippen molar-refractivity contribution in [3.8, 4) is 0 Å². The molecule has 0 unspecified atom stereocenters. The first kappa shape index (κ1) is 14.8. The van der Waals surface area contributed by atoms with Crippen LogP contribution in [-0.2, 0) is 6.54 Å². The number of nitrogens with zero attached hydrogens (tertiary/aromatic N) is 3. The first-order valence-corrected chi connectivity index (χ1v) is 7.39. The van der Waals surface area contributed by atoms with Crippen molar-refractivity contribution < 1.29 is 9.21 Å². The summed E-state index contributed by atoms with van der Waals surface area (Å²) in [4.78, 5) is 20.6. The number of pyridine rings is 1. The average molecular weight is 303 g/mol. The van der Waals surface area contributed by atoms with E-state index in [0.717, 1.165) is 24.9 Å². The number of likely N-dealkylation sites (tertiary alicyclic amines) is 1. The van der Waals surface area contributed by atoms with E-state index < -0.39 is 0 Å². The lowest BCUT2D eigenvalue weighted by Crippen LogP contribution is -2.37. The van der Waals surface area contributed by atoms with E-state index in [1.807, 2.05) is 31.1 Å². The Bertz CT molecular complexity index is 682. The van der Waals surface area contributed by atoms with Crippen LogP contribution < -0.4 is 11.1 Å². The summed E-state index contributed by atoms with van der Waals surface area (Å²) in [6, 6.07) is 3.96. The number of nitrogens with one attached hydrogen (secondary N) is 1. The Labute approximate surface area is 129 Å². The van der Waals surface area contributed by atoms with Crippen LogP contribution in [0.5, 0.6) is 0 Å². The van der Waals surface area contributed by atoms with Gasteiger partial charge >= 0.3 is 6.03 Å². The largest absolute Gasteiger partial charge is 0.439 e. The maximum absolute atomic E-state index is 12.5. The van der Waals surface area contributed by atoms with E-state index in [1.165, 1.54) is 0 Å². The number of urea groups is 1. The van der Waals surface area contributed by atoms with Gasteiger partial charge in [0.2, 0.25) is 5.71 Å². The topological polar surface area (TPSA) is 87.6 Å². The van der Waals surface area contributed by atoms with Crippen LogP contribution in [0.4, 0.5) is 10.5 Å². The van der Waals surface area contributed by atoms with Gasteiger partial charge in [0.15, 0.2) is 0 Å². The van der Waals surface area contributed by atoms with Crippen LogP contribution in [0.1, 0.15) is 12.2 Å². The number of anilines is 1. The van der Waals surface area contributed by atoms with E-state index in [0.29, 0.717) is 23.2 Å². The molecule has 0 aliphatic carbocycles. The van der Waals surface area contributed by atoms with Crippen LogP contribution in [0.2, 0.25) is 0 Å². The third-order valence-corrected chi connectivity index (χ3v) is 4.14. The summed E-state index contributed by atoms with van der Waals surface area (Å²) in [5, 5.41) is 3.72. The van der Waals surface area contributed by atoms with Crippen molar-refractivity contribution in [2.45, 2.75) is 19.0 Å². The molecule has 7 heteroatoms. The van der Waals surface area contributed by atoms with Crippen molar-refractivity contribution in [1.82, 2.24) is 14.8 Å². The summed E-state index contributed by atoms with van der Waals surface area (Å²) in [7, 11) is 4.07. The zero-order valence-corrected chi connectivity index (χ0v) is 12.9. The predicted octanol–water partition coefficient (Wildman–Crippen LogP) is 1.45. The number of amides is 2. The van der Waals surface area contributed by atoms with Gasteiger partial charge in [-0.25, -0.2) is 9.78 Å². The number of carbonyl (C=O) groups excluding carboxylic acids is 1. The van der Waals surface area contributed by atoms with E-state index in [4.69, 9.17) is 10.2 Å². The van der Waals surface area contributed by atoms with Gasteiger partial charge in [-0.1, -0.05) is 0 Å². The van der Waals surface area contributed by atoms with Gasteiger partial charge in [0, 0.05) is 25.3 Å². The molecule has 1 saturated heterocycles. The standard InChI is InChI=1S/C15H21N5O2/c1-19(2)10-5-7-20(9-10)15(21)18-13-11-4-3-6-17-14(11)22-12(13)8-16/h3-4,6,10H,5,7-9,16H2,1-2H3,(H,18,21)/t10-/m1/s1. The minimum Gasteiger partial charge on any atom is -0.439 e. The highest BCUT2D eigenvalue weighted by Gasteiger charge is 2.28. The van der Waals surface area contributed by atoms with Crippen LogP contribution >= 0.6 is 0 Å². The Morgan fingerprint density at radius 3 is 3.09 bits per heavy atom. The van der Waals surface area contributed by atoms with Gasteiger partial charge in [-0.3, -0.25) is 0 Å². The second kappa shape index (κ2) is 5.94. The molecule has 1 fully saturated rings. The quantitative estimate of drug-likeness (QED) is 0.896. The molecule has 3 rings (SSSR count). The number of rotatable bonds is 3. The number of furan rings is 1. The first-order chi connectivity index (χ1) is 10.6. The fraction of sp³-hybridized carbons (Fsp3) is 0.467. The fourth-order valence-electron chi connectivity index (χ4n) is 2.79. The number of nitrogens with two attached hydrogens (primary N) is 1. The molecule has 3 N–H and O–H groups in total. The van der Waals surface area contributed by atoms with Crippen molar-refractivity contribution in [2.24, 2.45) is 5.73 Å². The van der Waals surface area contributed by atoms with E-state index in [9.17, 15) is 4.79 Å². The molecular formula is C15H21N5O2. The van der Waals surface area contributed by atoms with Gasteiger partial charge in [-0.15, -0.1) is 0 Å². The SMILES string of the molecule is CN(C)[C@@H]1CCN(C(=O)Nc2c(CN)oc3ncccc23)C1. The first-order valence-electron chi connectivity index (χ1n) is 7.39. The Balaban J connectivity index is 1.80. The van der Waals surface area contributed by atoms with Gasteiger partial charge in [-0.05, 0) is 32.6 Å². The number of fused-ring (bicyclic) bond motifs is 1. The van der Waals surface area contributed by atoms with E-state index in [-0.39, 0.29) is 12.6 Å². The Hall–Kier alpha value is -2.12. The number of hydrogen-bond donors (Lipinski definition) is 2. The Morgan fingerprint density at radius 2 is 2.41 bits per heavy atom. The van der Waals surface area contributed by atoms with Gasteiger partial charge < -0.3 is 25.3 Å². The summed E-state index contributed by atoms with van der Waals surface area (Å²) in [6.45, 7) is 1.69. The molecular weight excluding hydrogens is 282 g/mol. The van der Waals surface area contributed by atoms with Crippen LogP contribution in [-0.4, -0.2) is 54.0 Å². The lowest BCUT2D eigenvalue weighted by atomic mass is 10.2. The molecule has 7 nitrogen and oxygen atoms in total. The van der Waals surface area contributed by atoms with Crippen LogP contribution in [0.25, 0.3) is 11.1 Å². The van der Waals surface area contributed by atoms with Crippen molar-refractivity contribution in [3.05, 3.63) is 24.1 Å². The van der Waals surface area contributed by atoms with Crippen LogP contribution in [0, 0.1) is 0 Å². The molecule has 22 heavy (non-hydrogen) atoms. The fourth-order valence-corrected chi connectivity index (χ4v) is 2.79. The maximum atomic E-state index is 12.5. The maximum Gasteiger partial charge on any atom is 0.322 e. The predicted molar refractivity (Wildman–Crippen MR) is 84.6 cm³/mol. The Morgan fingerprint density at radius 1 is 1.59 bits per heavy atom. The molecule has 0 radical (unpaired) electrons. The number of hydrogen-bond acceptors (Lipinski definition) is 5. The zero-order chi connectivity index (χ0) is 15.7. The lowest BCUT2D eigenvalue weighted by molar-refractivity contribution is 0.216. The normalized spacial score (nSPS) is 18.4. The third kappa shape index (κ3) is 2.65. The minimum absolute atomic E-state index is 0.120. The summed E-state index contributed by atoms with van der Waals surface area (Å²) >= 11 is 0. The number of aromatic nitrogens is 1. The average Bonchev–Trinajstić information content (AvgIpc) is 3.12. The zero-order valence-electron chi connectivity index (χ0n) is 12.9. The molecule has 1 aliphatic heterocycles. The van der Waals surface area contributed by atoms with Crippen molar-refractivity contribution in [1.29, 1.82) is 0 Å². The summed E-state index contributed by atoms with van der Waals surface area (Å²) in [5.41, 5.74) is 6.83. The number of likely N-dealkylation sites (N-methyl/N-ethyl adjacent to an activating group) is 1. The smallest absolute Gasteiger partial charge is 0.322 e. The van der Waals surface area contributed by atoms with Crippen molar-refractivity contribution >= 4 is 22.8 Å². The van der Waals surface area contributed by atoms with Gasteiger partial charge in [0.1, 0.15) is 5.76 Å². The molecule has 2 amide bonds. The minimum atomic E-state index is -0.120. The highest BCUT2D eigenvalue weighted by molar-refractivity contribution is 6.00. The second-order valence-corrected chi connectivity index (χ2v) is 5.74. The molecule has 2 aromatic rings. The van der Waals surface area contributed by atoms with Gasteiger partial charge in [-0.2, -0.15) is 0 Å². The van der Waals surface area contributed by atoms with Crippen molar-refractivity contribution in [2.75, 3.05) is 32.5 Å². The highest BCUT2D eigenvalue weighted by atomic mass is 16.3. The summed E-state index contributed by atoms with van der Waals surface area (Å²) in [5.74, 6) is 0.547. The molecule has 3 heterocycles. The molecule has 1 atom stereocenters. The van der Waals surface area contributed by atoms with E-state index >= 15 is 0 Å². The molecule has 0 spiro atoms. The highest BCUT2D eigenvalue weighted by Crippen LogP contribution is 2.29. The Kier molecular flexibility index (Phi) is 4.00. The third-order valence-electron chi connectivity index (χ3n) is 4.14.